The third kappa shape index (κ3) is 6.07. The number of halogens is 1. The van der Waals surface area contributed by atoms with E-state index >= 15 is 0 Å². The van der Waals surface area contributed by atoms with Crippen LogP contribution in [-0.2, 0) is 4.79 Å². The summed E-state index contributed by atoms with van der Waals surface area (Å²) in [4.78, 5) is 39.1. The highest BCUT2D eigenvalue weighted by molar-refractivity contribution is 6.31. The molecule has 0 unspecified atom stereocenters. The molecule has 0 bridgehead atoms. The summed E-state index contributed by atoms with van der Waals surface area (Å²) in [5.74, 6) is 0.184. The van der Waals surface area contributed by atoms with Gasteiger partial charge in [0.05, 0.1) is 12.7 Å². The number of rotatable bonds is 7. The third-order valence-electron chi connectivity index (χ3n) is 5.49. The van der Waals surface area contributed by atoms with Gasteiger partial charge in [-0.2, -0.15) is 0 Å². The number of Topliss-reactive ketones (excluding diaryl/α,β-unsaturated/α-hetero) is 1. The molecular weight excluding hydrogens is 416 g/mol. The van der Waals surface area contributed by atoms with Crippen LogP contribution in [0.1, 0.15) is 52.0 Å². The lowest BCUT2D eigenvalue weighted by Crippen LogP contribution is -2.46. The van der Waals surface area contributed by atoms with Gasteiger partial charge in [-0.05, 0) is 38.0 Å². The number of methoxy groups -OCH3 is 1. The Morgan fingerprint density at radius 1 is 1.06 bits per heavy atom. The van der Waals surface area contributed by atoms with E-state index in [1.54, 1.807) is 35.2 Å². The summed E-state index contributed by atoms with van der Waals surface area (Å²) in [6, 6.07) is 12.3. The Morgan fingerprint density at radius 3 is 2.39 bits per heavy atom. The van der Waals surface area contributed by atoms with Crippen LogP contribution in [0.2, 0.25) is 5.02 Å². The normalized spacial score (nSPS) is 14.2. The number of benzene rings is 2. The fraction of sp³-hybridized carbons (Fsp3) is 0.375. The number of ether oxygens (including phenoxy) is 1. The van der Waals surface area contributed by atoms with E-state index in [4.69, 9.17) is 16.3 Å². The van der Waals surface area contributed by atoms with Gasteiger partial charge in [-0.15, -0.1) is 0 Å². The molecule has 31 heavy (non-hydrogen) atoms. The predicted octanol–water partition coefficient (Wildman–Crippen LogP) is 4.04. The molecule has 2 amide bonds. The fourth-order valence-electron chi connectivity index (χ4n) is 3.66. The van der Waals surface area contributed by atoms with Gasteiger partial charge in [-0.25, -0.2) is 0 Å². The molecule has 1 aliphatic heterocycles. The SMILES string of the molecule is COc1ccc(Cl)cc1C(=O)N1CCC(NC(=O)CCC(=O)c2ccc(C)cc2)CC1. The van der Waals surface area contributed by atoms with Crippen molar-refractivity contribution in [1.29, 1.82) is 0 Å². The number of carbonyl (C=O) groups is 3. The molecule has 0 aromatic heterocycles. The van der Waals surface area contributed by atoms with Crippen LogP contribution in [0.15, 0.2) is 42.5 Å². The number of aryl methyl sites for hydroxylation is 1. The van der Waals surface area contributed by atoms with Crippen LogP contribution in [0.4, 0.5) is 0 Å². The Balaban J connectivity index is 1.46. The summed E-state index contributed by atoms with van der Waals surface area (Å²) >= 11 is 6.04. The molecular formula is C24H27ClN2O4. The first-order valence-corrected chi connectivity index (χ1v) is 10.8. The number of carbonyl (C=O) groups excluding carboxylic acids is 3. The Bertz CT molecular complexity index is 951. The van der Waals surface area contributed by atoms with E-state index in [-0.39, 0.29) is 36.5 Å². The van der Waals surface area contributed by atoms with Crippen molar-refractivity contribution in [1.82, 2.24) is 10.2 Å². The molecule has 1 N–H and O–H groups in total. The first-order chi connectivity index (χ1) is 14.9. The minimum atomic E-state index is -0.137. The molecule has 0 saturated carbocycles. The second-order valence-corrected chi connectivity index (χ2v) is 8.20. The number of nitrogens with one attached hydrogen (secondary N) is 1. The molecule has 0 spiro atoms. The number of hydrogen-bond acceptors (Lipinski definition) is 4. The van der Waals surface area contributed by atoms with Gasteiger partial charge in [0.2, 0.25) is 5.91 Å². The van der Waals surface area contributed by atoms with Gasteiger partial charge in [0.1, 0.15) is 5.75 Å². The molecule has 164 valence electrons. The zero-order chi connectivity index (χ0) is 22.4. The van der Waals surface area contributed by atoms with Gasteiger partial charge < -0.3 is 15.0 Å². The quantitative estimate of drug-likeness (QED) is 0.656. The number of piperidine rings is 1. The lowest BCUT2D eigenvalue weighted by Gasteiger charge is -2.32. The maximum atomic E-state index is 12.9. The van der Waals surface area contributed by atoms with Crippen molar-refractivity contribution in [3.05, 3.63) is 64.2 Å². The summed E-state index contributed by atoms with van der Waals surface area (Å²) in [5, 5.41) is 3.47. The molecule has 3 rings (SSSR count). The van der Waals surface area contributed by atoms with Crippen molar-refractivity contribution in [3.63, 3.8) is 0 Å². The maximum absolute atomic E-state index is 12.9. The van der Waals surface area contributed by atoms with Gasteiger partial charge in [0.15, 0.2) is 5.78 Å². The van der Waals surface area contributed by atoms with Gasteiger partial charge in [-0.1, -0.05) is 41.4 Å². The van der Waals surface area contributed by atoms with E-state index in [0.717, 1.165) is 5.56 Å². The van der Waals surface area contributed by atoms with Gasteiger partial charge in [-0.3, -0.25) is 14.4 Å². The minimum absolute atomic E-state index is 0.00714. The van der Waals surface area contributed by atoms with Gasteiger partial charge in [0, 0.05) is 42.6 Å². The van der Waals surface area contributed by atoms with E-state index in [1.165, 1.54) is 7.11 Å². The molecule has 0 radical (unpaired) electrons. The average molecular weight is 443 g/mol. The van der Waals surface area contributed by atoms with Crippen molar-refractivity contribution in [2.75, 3.05) is 20.2 Å². The topological polar surface area (TPSA) is 75.7 Å². The Hall–Kier alpha value is -2.86. The van der Waals surface area contributed by atoms with Crippen LogP contribution in [0, 0.1) is 6.92 Å². The average Bonchev–Trinajstić information content (AvgIpc) is 2.78. The summed E-state index contributed by atoms with van der Waals surface area (Å²) in [6.07, 6.45) is 1.66. The summed E-state index contributed by atoms with van der Waals surface area (Å²) in [7, 11) is 1.52. The third-order valence-corrected chi connectivity index (χ3v) is 5.73. The van der Waals surface area contributed by atoms with Crippen molar-refractivity contribution in [3.8, 4) is 5.75 Å². The van der Waals surface area contributed by atoms with Crippen molar-refractivity contribution >= 4 is 29.2 Å². The number of hydrogen-bond donors (Lipinski definition) is 1. The largest absolute Gasteiger partial charge is 0.496 e. The van der Waals surface area contributed by atoms with Crippen LogP contribution in [0.25, 0.3) is 0 Å². The Morgan fingerprint density at radius 2 is 1.74 bits per heavy atom. The number of amides is 2. The summed E-state index contributed by atoms with van der Waals surface area (Å²) in [5.41, 5.74) is 2.15. The van der Waals surface area contributed by atoms with Crippen molar-refractivity contribution in [2.45, 2.75) is 38.6 Å². The second-order valence-electron chi connectivity index (χ2n) is 7.77. The Kier molecular flexibility index (Phi) is 7.69. The first-order valence-electron chi connectivity index (χ1n) is 10.4. The summed E-state index contributed by atoms with van der Waals surface area (Å²) < 4.78 is 5.28. The smallest absolute Gasteiger partial charge is 0.257 e. The number of ketones is 1. The number of likely N-dealkylation sites (tertiary alicyclic amines) is 1. The minimum Gasteiger partial charge on any atom is -0.496 e. The zero-order valence-corrected chi connectivity index (χ0v) is 18.6. The van der Waals surface area contributed by atoms with Crippen LogP contribution in [-0.4, -0.2) is 48.7 Å². The lowest BCUT2D eigenvalue weighted by atomic mass is 10.0. The molecule has 2 aromatic rings. The molecule has 7 heteroatoms. The lowest BCUT2D eigenvalue weighted by molar-refractivity contribution is -0.122. The van der Waals surface area contributed by atoms with E-state index in [9.17, 15) is 14.4 Å². The van der Waals surface area contributed by atoms with E-state index in [2.05, 4.69) is 5.32 Å². The van der Waals surface area contributed by atoms with E-state index in [0.29, 0.717) is 47.8 Å². The fourth-order valence-corrected chi connectivity index (χ4v) is 3.83. The molecule has 1 heterocycles. The molecule has 2 aromatic carbocycles. The first kappa shape index (κ1) is 22.8. The van der Waals surface area contributed by atoms with Crippen molar-refractivity contribution < 1.29 is 19.1 Å². The monoisotopic (exact) mass is 442 g/mol. The molecule has 1 aliphatic rings. The van der Waals surface area contributed by atoms with Crippen LogP contribution in [0.5, 0.6) is 5.75 Å². The summed E-state index contributed by atoms with van der Waals surface area (Å²) in [6.45, 7) is 3.02. The number of nitrogens with zero attached hydrogens (tertiary/aromatic N) is 1. The van der Waals surface area contributed by atoms with Crippen LogP contribution >= 0.6 is 11.6 Å². The van der Waals surface area contributed by atoms with Crippen LogP contribution in [0.3, 0.4) is 0 Å². The second kappa shape index (κ2) is 10.4. The van der Waals surface area contributed by atoms with E-state index in [1.807, 2.05) is 19.1 Å². The van der Waals surface area contributed by atoms with E-state index < -0.39 is 0 Å². The maximum Gasteiger partial charge on any atom is 0.257 e. The predicted molar refractivity (Wildman–Crippen MR) is 120 cm³/mol. The molecule has 0 aliphatic carbocycles. The zero-order valence-electron chi connectivity index (χ0n) is 17.8. The highest BCUT2D eigenvalue weighted by atomic mass is 35.5. The van der Waals surface area contributed by atoms with Gasteiger partial charge >= 0.3 is 0 Å². The molecule has 6 nitrogen and oxygen atoms in total. The highest BCUT2D eigenvalue weighted by Gasteiger charge is 2.26. The van der Waals surface area contributed by atoms with Gasteiger partial charge in [0.25, 0.3) is 5.91 Å². The standard InChI is InChI=1S/C24H27ClN2O4/c1-16-3-5-17(6-4-16)21(28)8-10-23(29)26-19-11-13-27(14-12-19)24(30)20-15-18(25)7-9-22(20)31-2/h3-7,9,15,19H,8,10-14H2,1-2H3,(H,26,29). The Labute approximate surface area is 187 Å². The molecule has 1 fully saturated rings. The van der Waals surface area contributed by atoms with Crippen molar-refractivity contribution in [2.24, 2.45) is 0 Å². The molecule has 1 saturated heterocycles. The molecule has 0 atom stereocenters. The van der Waals surface area contributed by atoms with Crippen LogP contribution < -0.4 is 10.1 Å². The highest BCUT2D eigenvalue weighted by Crippen LogP contribution is 2.25.